The third-order valence-corrected chi connectivity index (χ3v) is 2.21. The highest BCUT2D eigenvalue weighted by molar-refractivity contribution is 4.85. The zero-order chi connectivity index (χ0) is 9.41. The molecule has 0 aromatic heterocycles. The molecule has 1 saturated heterocycles. The average molecular weight is 178 g/mol. The number of hydrogen-bond donors (Lipinski definition) is 1. The number of nitrogens with two attached hydrogens (primary N) is 1. The first-order valence-corrected chi connectivity index (χ1v) is 4.23. The van der Waals surface area contributed by atoms with E-state index in [9.17, 15) is 8.78 Å². The van der Waals surface area contributed by atoms with Crippen molar-refractivity contribution in [1.29, 1.82) is 0 Å². The number of rotatable bonds is 1. The third kappa shape index (κ3) is 2.38. The fraction of sp³-hybridized carbons (Fsp3) is 1.00. The van der Waals surface area contributed by atoms with Gasteiger partial charge < -0.3 is 5.73 Å². The Morgan fingerprint density at radius 2 is 2.00 bits per heavy atom. The van der Waals surface area contributed by atoms with Gasteiger partial charge in [0.15, 0.2) is 0 Å². The molecular formula is C8H16F2N2. The molecular weight excluding hydrogens is 162 g/mol. The van der Waals surface area contributed by atoms with E-state index in [-0.39, 0.29) is 13.0 Å². The highest BCUT2D eigenvalue weighted by Gasteiger charge is 2.38. The molecule has 0 atom stereocenters. The second kappa shape index (κ2) is 2.92. The first-order valence-electron chi connectivity index (χ1n) is 4.23. The molecule has 72 valence electrons. The van der Waals surface area contributed by atoms with Crippen LogP contribution in [0.25, 0.3) is 0 Å². The summed E-state index contributed by atoms with van der Waals surface area (Å²) in [5, 5.41) is 0. The van der Waals surface area contributed by atoms with Gasteiger partial charge in [-0.1, -0.05) is 0 Å². The van der Waals surface area contributed by atoms with Crippen molar-refractivity contribution in [3.8, 4) is 0 Å². The average Bonchev–Trinajstić information content (AvgIpc) is 1.83. The monoisotopic (exact) mass is 178 g/mol. The minimum absolute atomic E-state index is 0.000417. The molecule has 2 N–H and O–H groups in total. The summed E-state index contributed by atoms with van der Waals surface area (Å²) < 4.78 is 25.8. The summed E-state index contributed by atoms with van der Waals surface area (Å²) in [6, 6.07) is 0. The van der Waals surface area contributed by atoms with Crippen molar-refractivity contribution in [2.24, 2.45) is 5.73 Å². The number of piperidine rings is 1. The lowest BCUT2D eigenvalue weighted by atomic mass is 10.0. The van der Waals surface area contributed by atoms with Crippen LogP contribution >= 0.6 is 0 Å². The van der Waals surface area contributed by atoms with Gasteiger partial charge in [-0.25, -0.2) is 8.78 Å². The van der Waals surface area contributed by atoms with Gasteiger partial charge in [-0.05, 0) is 20.3 Å². The van der Waals surface area contributed by atoms with Gasteiger partial charge in [-0.2, -0.15) is 0 Å². The van der Waals surface area contributed by atoms with Gasteiger partial charge in [0.1, 0.15) is 0 Å². The largest absolute Gasteiger partial charge is 0.314 e. The molecule has 0 aromatic rings. The standard InChI is InChI=1S/C8H16F2N2/c1-7(2,11)12-5-3-4-8(9,10)6-12/h3-6,11H2,1-2H3. The Hall–Kier alpha value is -0.220. The van der Waals surface area contributed by atoms with Gasteiger partial charge in [0, 0.05) is 13.0 Å². The lowest BCUT2D eigenvalue weighted by Crippen LogP contribution is -2.57. The van der Waals surface area contributed by atoms with Crippen LogP contribution in [0.15, 0.2) is 0 Å². The van der Waals surface area contributed by atoms with Gasteiger partial charge >= 0.3 is 0 Å². The van der Waals surface area contributed by atoms with E-state index in [2.05, 4.69) is 0 Å². The molecule has 0 aromatic carbocycles. The first kappa shape index (κ1) is 9.86. The zero-order valence-corrected chi connectivity index (χ0v) is 7.61. The quantitative estimate of drug-likeness (QED) is 0.657. The Labute approximate surface area is 71.7 Å². The highest BCUT2D eigenvalue weighted by atomic mass is 19.3. The molecule has 1 rings (SSSR count). The predicted molar refractivity (Wildman–Crippen MR) is 44.0 cm³/mol. The van der Waals surface area contributed by atoms with Crippen LogP contribution in [-0.4, -0.2) is 29.6 Å². The lowest BCUT2D eigenvalue weighted by Gasteiger charge is -2.40. The van der Waals surface area contributed by atoms with Gasteiger partial charge in [0.05, 0.1) is 12.2 Å². The fourth-order valence-corrected chi connectivity index (χ4v) is 1.46. The normalized spacial score (nSPS) is 25.8. The summed E-state index contributed by atoms with van der Waals surface area (Å²) in [5.41, 5.74) is 5.10. The molecule has 1 heterocycles. The first-order chi connectivity index (χ1) is 5.31. The van der Waals surface area contributed by atoms with Gasteiger partial charge in [0.25, 0.3) is 5.92 Å². The van der Waals surface area contributed by atoms with Crippen LogP contribution in [0.1, 0.15) is 26.7 Å². The van der Waals surface area contributed by atoms with E-state index in [0.29, 0.717) is 13.0 Å². The van der Waals surface area contributed by atoms with E-state index in [1.54, 1.807) is 18.7 Å². The van der Waals surface area contributed by atoms with E-state index < -0.39 is 11.6 Å². The summed E-state index contributed by atoms with van der Waals surface area (Å²) in [4.78, 5) is 1.64. The molecule has 1 fully saturated rings. The molecule has 0 spiro atoms. The van der Waals surface area contributed by atoms with Gasteiger partial charge in [-0.3, -0.25) is 4.90 Å². The molecule has 0 amide bonds. The number of likely N-dealkylation sites (tertiary alicyclic amines) is 1. The molecule has 1 aliphatic rings. The number of nitrogens with zero attached hydrogens (tertiary/aromatic N) is 1. The third-order valence-electron chi connectivity index (χ3n) is 2.21. The lowest BCUT2D eigenvalue weighted by molar-refractivity contribution is -0.0882. The van der Waals surface area contributed by atoms with Crippen LogP contribution in [0.5, 0.6) is 0 Å². The Kier molecular flexibility index (Phi) is 2.40. The van der Waals surface area contributed by atoms with E-state index in [1.165, 1.54) is 0 Å². The van der Waals surface area contributed by atoms with Crippen LogP contribution < -0.4 is 5.73 Å². The van der Waals surface area contributed by atoms with Gasteiger partial charge in [0.2, 0.25) is 0 Å². The molecule has 0 unspecified atom stereocenters. The molecule has 1 aliphatic heterocycles. The molecule has 0 saturated carbocycles. The summed E-state index contributed by atoms with van der Waals surface area (Å²) in [5.74, 6) is -2.55. The SMILES string of the molecule is CC(C)(N)N1CCCC(F)(F)C1. The zero-order valence-electron chi connectivity index (χ0n) is 7.61. The van der Waals surface area contributed by atoms with E-state index in [4.69, 9.17) is 5.73 Å². The number of halogens is 2. The van der Waals surface area contributed by atoms with Crippen molar-refractivity contribution in [2.75, 3.05) is 13.1 Å². The molecule has 0 bridgehead atoms. The fourth-order valence-electron chi connectivity index (χ4n) is 1.46. The summed E-state index contributed by atoms with van der Waals surface area (Å²) in [6.07, 6.45) is 0.535. The van der Waals surface area contributed by atoms with Gasteiger partial charge in [-0.15, -0.1) is 0 Å². The van der Waals surface area contributed by atoms with Crippen molar-refractivity contribution in [3.05, 3.63) is 0 Å². The van der Waals surface area contributed by atoms with Crippen molar-refractivity contribution in [1.82, 2.24) is 4.90 Å². The molecule has 0 radical (unpaired) electrons. The van der Waals surface area contributed by atoms with Crippen LogP contribution in [0.3, 0.4) is 0 Å². The topological polar surface area (TPSA) is 29.3 Å². The predicted octanol–water partition coefficient (Wildman–Crippen LogP) is 1.41. The maximum Gasteiger partial charge on any atom is 0.260 e. The maximum absolute atomic E-state index is 12.9. The molecule has 4 heteroatoms. The Morgan fingerprint density at radius 1 is 1.42 bits per heavy atom. The molecule has 2 nitrogen and oxygen atoms in total. The summed E-state index contributed by atoms with van der Waals surface area (Å²) in [6.45, 7) is 4.00. The van der Waals surface area contributed by atoms with Crippen LogP contribution in [-0.2, 0) is 0 Å². The second-order valence-electron chi connectivity index (χ2n) is 4.03. The maximum atomic E-state index is 12.9. The van der Waals surface area contributed by atoms with Crippen LogP contribution in [0.4, 0.5) is 8.78 Å². The smallest absolute Gasteiger partial charge is 0.260 e. The second-order valence-corrected chi connectivity index (χ2v) is 4.03. The number of hydrogen-bond acceptors (Lipinski definition) is 2. The summed E-state index contributed by atoms with van der Waals surface area (Å²) >= 11 is 0. The van der Waals surface area contributed by atoms with Crippen molar-refractivity contribution >= 4 is 0 Å². The highest BCUT2D eigenvalue weighted by Crippen LogP contribution is 2.28. The van der Waals surface area contributed by atoms with Crippen molar-refractivity contribution < 1.29 is 8.78 Å². The van der Waals surface area contributed by atoms with Crippen LogP contribution in [0.2, 0.25) is 0 Å². The Morgan fingerprint density at radius 3 is 2.33 bits per heavy atom. The van der Waals surface area contributed by atoms with E-state index in [0.717, 1.165) is 0 Å². The van der Waals surface area contributed by atoms with Crippen molar-refractivity contribution in [3.63, 3.8) is 0 Å². The molecule has 0 aliphatic carbocycles. The minimum atomic E-state index is -2.55. The number of alkyl halides is 2. The molecule has 12 heavy (non-hydrogen) atoms. The van der Waals surface area contributed by atoms with Crippen molar-refractivity contribution in [2.45, 2.75) is 38.3 Å². The van der Waals surface area contributed by atoms with Crippen LogP contribution in [0, 0.1) is 0 Å². The van der Waals surface area contributed by atoms with E-state index >= 15 is 0 Å². The summed E-state index contributed by atoms with van der Waals surface area (Å²) in [7, 11) is 0. The van der Waals surface area contributed by atoms with E-state index in [1.807, 2.05) is 0 Å². The Bertz CT molecular complexity index is 160. The Balaban J connectivity index is 2.58. The minimum Gasteiger partial charge on any atom is -0.314 e.